The lowest BCUT2D eigenvalue weighted by Crippen LogP contribution is -2.09. The number of aromatic nitrogens is 1. The summed E-state index contributed by atoms with van der Waals surface area (Å²) >= 11 is 0. The van der Waals surface area contributed by atoms with Gasteiger partial charge in [0.15, 0.2) is 0 Å². The number of fused-ring (bicyclic) bond motifs is 1. The number of nitrogens with one attached hydrogen (secondary N) is 1. The number of rotatable bonds is 4. The van der Waals surface area contributed by atoms with Crippen molar-refractivity contribution in [2.45, 2.75) is 58.9 Å². The minimum Gasteiger partial charge on any atom is -0.469 e. The molecule has 2 aliphatic rings. The van der Waals surface area contributed by atoms with Crippen molar-refractivity contribution in [3.63, 3.8) is 0 Å². The number of ether oxygens (including phenoxy) is 1. The number of anilines is 1. The van der Waals surface area contributed by atoms with Gasteiger partial charge in [-0.05, 0) is 61.4 Å². The molecular weight excluding hydrogens is 399 g/mol. The molecule has 3 atom stereocenters. The van der Waals surface area contributed by atoms with Gasteiger partial charge in [0.1, 0.15) is 5.82 Å². The van der Waals surface area contributed by atoms with Gasteiger partial charge in [-0.3, -0.25) is 9.78 Å². The van der Waals surface area contributed by atoms with E-state index < -0.39 is 0 Å². The van der Waals surface area contributed by atoms with E-state index in [0.717, 1.165) is 53.3 Å². The highest BCUT2D eigenvalue weighted by Crippen LogP contribution is 2.47. The van der Waals surface area contributed by atoms with Gasteiger partial charge in [-0.15, -0.1) is 0 Å². The Morgan fingerprint density at radius 3 is 2.57 bits per heavy atom. The lowest BCUT2D eigenvalue weighted by molar-refractivity contribution is -0.142. The zero-order valence-corrected chi connectivity index (χ0v) is 19.5. The predicted molar refractivity (Wildman–Crippen MR) is 126 cm³/mol. The molecule has 1 aromatic carbocycles. The molecule has 6 heteroatoms. The first-order chi connectivity index (χ1) is 13.8. The number of methoxy groups -OCH3 is 1. The molecule has 0 saturated heterocycles. The van der Waals surface area contributed by atoms with Crippen LogP contribution in [0.4, 0.5) is 10.1 Å². The molecule has 1 heterocycles. The Labute approximate surface area is 187 Å². The normalized spacial score (nSPS) is 21.1. The first-order valence-corrected chi connectivity index (χ1v) is 10.4. The van der Waals surface area contributed by atoms with Crippen molar-refractivity contribution in [3.05, 3.63) is 58.7 Å². The highest BCUT2D eigenvalue weighted by Gasteiger charge is 2.45. The molecule has 4 nitrogen and oxygen atoms in total. The number of aryl methyl sites for hydroxylation is 1. The zero-order chi connectivity index (χ0) is 21.1. The summed E-state index contributed by atoms with van der Waals surface area (Å²) in [6, 6.07) is 7.28. The first-order valence-electron chi connectivity index (χ1n) is 10.4. The maximum absolute atomic E-state index is 14.3. The summed E-state index contributed by atoms with van der Waals surface area (Å²) in [5.41, 5.74) is 4.85. The van der Waals surface area contributed by atoms with Gasteiger partial charge in [-0.25, -0.2) is 4.39 Å². The number of halogens is 1. The van der Waals surface area contributed by atoms with E-state index in [2.05, 4.69) is 31.1 Å². The number of benzene rings is 1. The monoisotopic (exact) mass is 434 g/mol. The Kier molecular flexibility index (Phi) is 8.30. The van der Waals surface area contributed by atoms with E-state index in [1.54, 1.807) is 12.3 Å². The molecule has 0 radical (unpaired) electrons. The molecule has 1 N–H and O–H groups in total. The van der Waals surface area contributed by atoms with Gasteiger partial charge >= 0.3 is 5.97 Å². The molecule has 0 spiro atoms. The fourth-order valence-electron chi connectivity index (χ4n) is 3.88. The molecule has 2 aliphatic carbocycles. The highest BCUT2D eigenvalue weighted by molar-refractivity contribution is 7.59. The Bertz CT molecular complexity index is 874. The fourth-order valence-corrected chi connectivity index (χ4v) is 3.88. The smallest absolute Gasteiger partial charge is 0.309 e. The van der Waals surface area contributed by atoms with Crippen LogP contribution in [0, 0.1) is 24.6 Å². The number of esters is 1. The van der Waals surface area contributed by atoms with Crippen LogP contribution in [0.2, 0.25) is 0 Å². The summed E-state index contributed by atoms with van der Waals surface area (Å²) in [4.78, 5) is 16.0. The van der Waals surface area contributed by atoms with Gasteiger partial charge in [0.2, 0.25) is 0 Å². The topological polar surface area (TPSA) is 51.2 Å². The van der Waals surface area contributed by atoms with Crippen molar-refractivity contribution in [3.8, 4) is 0 Å². The molecule has 1 saturated carbocycles. The number of nitrogens with zero attached hydrogens (tertiary/aromatic N) is 1. The Morgan fingerprint density at radius 2 is 1.97 bits per heavy atom. The van der Waals surface area contributed by atoms with E-state index in [9.17, 15) is 9.18 Å². The number of pyridine rings is 1. The quantitative estimate of drug-likeness (QED) is 0.606. The van der Waals surface area contributed by atoms with Crippen LogP contribution in [-0.2, 0) is 16.0 Å². The average molecular weight is 435 g/mol. The molecule has 2 aromatic rings. The van der Waals surface area contributed by atoms with Gasteiger partial charge in [-0.1, -0.05) is 26.8 Å². The second kappa shape index (κ2) is 10.3. The van der Waals surface area contributed by atoms with Crippen molar-refractivity contribution in [2.24, 2.45) is 11.8 Å². The zero-order valence-electron chi connectivity index (χ0n) is 18.5. The van der Waals surface area contributed by atoms with Crippen molar-refractivity contribution in [1.29, 1.82) is 0 Å². The van der Waals surface area contributed by atoms with Crippen molar-refractivity contribution in [2.75, 3.05) is 12.4 Å². The molecule has 30 heavy (non-hydrogen) atoms. The standard InChI is InChI=1S/C20H21FN2O2.C4H10.H2S.H2/c1-11-3-6-16(21)19-13(11)5-8-18(19)23-12-4-7-17(22-10-12)14-9-15(14)20(24)25-2;1-4(2)3;;/h3-4,6-7,10,14-15,18,23H,5,8-9H2,1-2H3;4H,1-3H3;1H2;1H/t14-,15-,18+;;;/m0.../s1. The molecule has 4 rings (SSSR count). The first kappa shape index (κ1) is 24.2. The maximum atomic E-state index is 14.3. The highest BCUT2D eigenvalue weighted by atomic mass is 32.1. The number of hydrogen-bond acceptors (Lipinski definition) is 4. The second-order valence-electron chi connectivity index (χ2n) is 8.67. The molecule has 1 fully saturated rings. The summed E-state index contributed by atoms with van der Waals surface area (Å²) in [5, 5.41) is 3.40. The Morgan fingerprint density at radius 1 is 1.27 bits per heavy atom. The minimum absolute atomic E-state index is 0. The van der Waals surface area contributed by atoms with Gasteiger partial charge < -0.3 is 10.1 Å². The van der Waals surface area contributed by atoms with E-state index in [4.69, 9.17) is 4.74 Å². The maximum Gasteiger partial charge on any atom is 0.309 e. The molecular formula is C24H35FN2O2S. The van der Waals surface area contributed by atoms with Crippen LogP contribution in [0.1, 0.15) is 69.4 Å². The Balaban J connectivity index is 0.000000741. The molecule has 0 unspecified atom stereocenters. The van der Waals surface area contributed by atoms with E-state index in [-0.39, 0.29) is 44.6 Å². The molecule has 0 amide bonds. The number of carbonyl (C=O) groups is 1. The molecule has 1 aromatic heterocycles. The third kappa shape index (κ3) is 5.54. The molecule has 0 bridgehead atoms. The summed E-state index contributed by atoms with van der Waals surface area (Å²) < 4.78 is 19.0. The van der Waals surface area contributed by atoms with Gasteiger partial charge in [-0.2, -0.15) is 13.5 Å². The van der Waals surface area contributed by atoms with Gasteiger partial charge in [0.25, 0.3) is 0 Å². The average Bonchev–Trinajstić information content (AvgIpc) is 3.37. The molecule has 0 aliphatic heterocycles. The summed E-state index contributed by atoms with van der Waals surface area (Å²) in [7, 11) is 1.42. The number of hydrogen-bond donors (Lipinski definition) is 1. The minimum atomic E-state index is -0.164. The summed E-state index contributed by atoms with van der Waals surface area (Å²) in [6.07, 6.45) is 4.34. The van der Waals surface area contributed by atoms with Crippen LogP contribution in [0.3, 0.4) is 0 Å². The van der Waals surface area contributed by atoms with Crippen LogP contribution in [-0.4, -0.2) is 18.1 Å². The van der Waals surface area contributed by atoms with Crippen LogP contribution < -0.4 is 5.32 Å². The van der Waals surface area contributed by atoms with Crippen molar-refractivity contribution < 1.29 is 15.3 Å². The lowest BCUT2D eigenvalue weighted by atomic mass is 10.0. The Hall–Kier alpha value is -2.08. The predicted octanol–water partition coefficient (Wildman–Crippen LogP) is 5.93. The van der Waals surface area contributed by atoms with Gasteiger partial charge in [0, 0.05) is 18.6 Å². The fraction of sp³-hybridized carbons (Fsp3) is 0.500. The largest absolute Gasteiger partial charge is 0.469 e. The van der Waals surface area contributed by atoms with E-state index in [1.165, 1.54) is 7.11 Å². The van der Waals surface area contributed by atoms with Crippen LogP contribution >= 0.6 is 13.5 Å². The van der Waals surface area contributed by atoms with E-state index >= 15 is 0 Å². The van der Waals surface area contributed by atoms with Crippen molar-refractivity contribution >= 4 is 25.2 Å². The summed E-state index contributed by atoms with van der Waals surface area (Å²) in [6.45, 7) is 8.53. The van der Waals surface area contributed by atoms with Crippen LogP contribution in [0.15, 0.2) is 30.5 Å². The van der Waals surface area contributed by atoms with Crippen molar-refractivity contribution in [1.82, 2.24) is 4.98 Å². The lowest BCUT2D eigenvalue weighted by Gasteiger charge is -2.16. The summed E-state index contributed by atoms with van der Waals surface area (Å²) in [5.74, 6) is 0.630. The third-order valence-electron chi connectivity index (χ3n) is 5.37. The third-order valence-corrected chi connectivity index (χ3v) is 5.37. The molecule has 166 valence electrons. The van der Waals surface area contributed by atoms with Gasteiger partial charge in [0.05, 0.1) is 31.0 Å². The van der Waals surface area contributed by atoms with E-state index in [1.807, 2.05) is 25.1 Å². The van der Waals surface area contributed by atoms with Crippen LogP contribution in [0.25, 0.3) is 0 Å². The SMILES string of the molecule is CC(C)C.COC(=O)[C@H]1C[C@@H]1c1ccc(N[C@@H]2CCc3c(C)ccc(F)c32)cn1.S.[HH]. The van der Waals surface area contributed by atoms with Crippen LogP contribution in [0.5, 0.6) is 0 Å². The van der Waals surface area contributed by atoms with E-state index in [0.29, 0.717) is 0 Å². The second-order valence-corrected chi connectivity index (χ2v) is 8.67. The number of carbonyl (C=O) groups excluding carboxylic acids is 1.